The van der Waals surface area contributed by atoms with Gasteiger partial charge in [-0.2, -0.15) is 0 Å². The van der Waals surface area contributed by atoms with E-state index in [9.17, 15) is 14.7 Å². The monoisotopic (exact) mass is 286 g/mol. The van der Waals surface area contributed by atoms with Crippen LogP contribution in [0.5, 0.6) is 0 Å². The lowest BCUT2D eigenvalue weighted by atomic mass is 9.95. The quantitative estimate of drug-likeness (QED) is 0.899. The van der Waals surface area contributed by atoms with Gasteiger partial charge in [-0.1, -0.05) is 30.3 Å². The van der Waals surface area contributed by atoms with Gasteiger partial charge in [0.05, 0.1) is 11.6 Å². The predicted octanol–water partition coefficient (Wildman–Crippen LogP) is 1.90. The number of carboxylic acids is 2. The summed E-state index contributed by atoms with van der Waals surface area (Å²) in [6, 6.07) is 9.33. The normalized spacial score (nSPS) is 17.2. The van der Waals surface area contributed by atoms with E-state index in [1.807, 2.05) is 34.9 Å². The number of benzene rings is 1. The van der Waals surface area contributed by atoms with Crippen LogP contribution in [0.4, 0.5) is 0 Å². The van der Waals surface area contributed by atoms with Crippen molar-refractivity contribution in [3.05, 3.63) is 41.7 Å². The number of rotatable bonds is 3. The Morgan fingerprint density at radius 3 is 2.52 bits per heavy atom. The first-order valence-electron chi connectivity index (χ1n) is 6.69. The Morgan fingerprint density at radius 1 is 1.19 bits per heavy atom. The van der Waals surface area contributed by atoms with Gasteiger partial charge in [0.25, 0.3) is 0 Å². The van der Waals surface area contributed by atoms with E-state index in [1.54, 1.807) is 0 Å². The average Bonchev–Trinajstić information content (AvgIpc) is 2.87. The van der Waals surface area contributed by atoms with Gasteiger partial charge in [0.15, 0.2) is 5.69 Å². The first kappa shape index (κ1) is 13.4. The topological polar surface area (TPSA) is 92.4 Å². The lowest BCUT2D eigenvalue weighted by molar-refractivity contribution is -0.142. The Kier molecular flexibility index (Phi) is 3.21. The summed E-state index contributed by atoms with van der Waals surface area (Å²) in [7, 11) is 0. The molecule has 0 aliphatic carbocycles. The highest BCUT2D eigenvalue weighted by molar-refractivity contribution is 5.88. The highest BCUT2D eigenvalue weighted by atomic mass is 16.4. The van der Waals surface area contributed by atoms with Crippen LogP contribution in [-0.4, -0.2) is 31.7 Å². The lowest BCUT2D eigenvalue weighted by Crippen LogP contribution is -2.26. The fourth-order valence-corrected chi connectivity index (χ4v) is 2.74. The van der Waals surface area contributed by atoms with E-state index >= 15 is 0 Å². The Morgan fingerprint density at radius 2 is 1.90 bits per heavy atom. The van der Waals surface area contributed by atoms with Gasteiger partial charge in [0.1, 0.15) is 5.82 Å². The molecular weight excluding hydrogens is 272 g/mol. The molecule has 3 rings (SSSR count). The first-order valence-corrected chi connectivity index (χ1v) is 6.69. The second-order valence-corrected chi connectivity index (χ2v) is 5.08. The second-order valence-electron chi connectivity index (χ2n) is 5.08. The van der Waals surface area contributed by atoms with Gasteiger partial charge in [0, 0.05) is 18.5 Å². The van der Waals surface area contributed by atoms with Crippen molar-refractivity contribution < 1.29 is 19.8 Å². The summed E-state index contributed by atoms with van der Waals surface area (Å²) in [6.07, 6.45) is 0.689. The molecular formula is C15H14N2O4. The summed E-state index contributed by atoms with van der Waals surface area (Å²) in [5.74, 6) is -1.96. The Bertz CT molecular complexity index is 706. The number of hydrogen-bond donors (Lipinski definition) is 2. The summed E-state index contributed by atoms with van der Waals surface area (Å²) in [4.78, 5) is 26.7. The van der Waals surface area contributed by atoms with Gasteiger partial charge in [-0.25, -0.2) is 9.78 Å². The maximum Gasteiger partial charge on any atom is 0.356 e. The second kappa shape index (κ2) is 5.05. The molecule has 0 bridgehead atoms. The van der Waals surface area contributed by atoms with E-state index in [4.69, 9.17) is 5.11 Å². The lowest BCUT2D eigenvalue weighted by Gasteiger charge is -2.22. The maximum atomic E-state index is 11.4. The Balaban J connectivity index is 2.12. The number of imidazole rings is 1. The fraction of sp³-hybridized carbons (Fsp3) is 0.267. The van der Waals surface area contributed by atoms with Gasteiger partial charge in [-0.05, 0) is 6.42 Å². The van der Waals surface area contributed by atoms with Crippen molar-refractivity contribution in [1.82, 2.24) is 9.55 Å². The summed E-state index contributed by atoms with van der Waals surface area (Å²) in [5, 5.41) is 18.4. The largest absolute Gasteiger partial charge is 0.481 e. The summed E-state index contributed by atoms with van der Waals surface area (Å²) >= 11 is 0. The minimum atomic E-state index is -1.12. The minimum Gasteiger partial charge on any atom is -0.481 e. The van der Waals surface area contributed by atoms with Crippen molar-refractivity contribution in [3.8, 4) is 11.4 Å². The maximum absolute atomic E-state index is 11.4. The van der Waals surface area contributed by atoms with E-state index in [0.717, 1.165) is 5.56 Å². The van der Waals surface area contributed by atoms with Gasteiger partial charge < -0.3 is 14.8 Å². The Hall–Kier alpha value is -2.63. The number of fused-ring (bicyclic) bond motifs is 1. The standard InChI is InChI=1S/C15H14N2O4/c18-14(19)10-6-7-17-11(8-10)12(15(20)21)16-13(17)9-4-2-1-3-5-9/h1-5,10H,6-8H2,(H,18,19)(H,20,21). The van der Waals surface area contributed by atoms with Crippen LogP contribution in [0.1, 0.15) is 22.6 Å². The average molecular weight is 286 g/mol. The molecule has 2 aromatic rings. The summed E-state index contributed by atoms with van der Waals surface area (Å²) < 4.78 is 1.83. The third kappa shape index (κ3) is 2.29. The highest BCUT2D eigenvalue weighted by Gasteiger charge is 2.31. The smallest absolute Gasteiger partial charge is 0.356 e. The molecule has 1 aromatic heterocycles. The molecule has 1 atom stereocenters. The van der Waals surface area contributed by atoms with Gasteiger partial charge in [-0.3, -0.25) is 4.79 Å². The van der Waals surface area contributed by atoms with Crippen molar-refractivity contribution in [2.45, 2.75) is 19.4 Å². The van der Waals surface area contributed by atoms with E-state index in [2.05, 4.69) is 4.98 Å². The number of hydrogen-bond acceptors (Lipinski definition) is 3. The van der Waals surface area contributed by atoms with Crippen molar-refractivity contribution >= 4 is 11.9 Å². The number of aromatic nitrogens is 2. The molecule has 0 amide bonds. The van der Waals surface area contributed by atoms with Crippen LogP contribution in [0, 0.1) is 5.92 Å². The zero-order chi connectivity index (χ0) is 15.0. The van der Waals surface area contributed by atoms with Crippen molar-refractivity contribution in [1.29, 1.82) is 0 Å². The van der Waals surface area contributed by atoms with Crippen LogP contribution < -0.4 is 0 Å². The van der Waals surface area contributed by atoms with Crippen molar-refractivity contribution in [2.24, 2.45) is 5.92 Å². The molecule has 1 unspecified atom stereocenters. The third-order valence-corrected chi connectivity index (χ3v) is 3.80. The molecule has 0 saturated heterocycles. The molecule has 6 nitrogen and oxygen atoms in total. The zero-order valence-electron chi connectivity index (χ0n) is 11.2. The molecule has 0 radical (unpaired) electrons. The molecule has 6 heteroatoms. The molecule has 0 saturated carbocycles. The van der Waals surface area contributed by atoms with Crippen LogP contribution in [0.2, 0.25) is 0 Å². The SMILES string of the molecule is O=C(O)c1nc(-c2ccccc2)n2c1CC(C(=O)O)CC2. The summed E-state index contributed by atoms with van der Waals surface area (Å²) in [6.45, 7) is 0.469. The van der Waals surface area contributed by atoms with E-state index < -0.39 is 17.9 Å². The molecule has 1 aliphatic heterocycles. The molecule has 2 N–H and O–H groups in total. The number of aliphatic carboxylic acids is 1. The van der Waals surface area contributed by atoms with Crippen LogP contribution in [-0.2, 0) is 17.8 Å². The van der Waals surface area contributed by atoms with Gasteiger partial charge in [-0.15, -0.1) is 0 Å². The molecule has 1 aliphatic rings. The van der Waals surface area contributed by atoms with Crippen LogP contribution >= 0.6 is 0 Å². The molecule has 0 fully saturated rings. The van der Waals surface area contributed by atoms with Crippen LogP contribution in [0.3, 0.4) is 0 Å². The minimum absolute atomic E-state index is 0.0418. The number of aromatic carboxylic acids is 1. The van der Waals surface area contributed by atoms with Crippen molar-refractivity contribution in [3.63, 3.8) is 0 Å². The number of nitrogens with zero attached hydrogens (tertiary/aromatic N) is 2. The van der Waals surface area contributed by atoms with Gasteiger partial charge >= 0.3 is 11.9 Å². The van der Waals surface area contributed by atoms with Crippen LogP contribution in [0.25, 0.3) is 11.4 Å². The molecule has 108 valence electrons. The van der Waals surface area contributed by atoms with E-state index in [0.29, 0.717) is 24.5 Å². The first-order chi connectivity index (χ1) is 10.1. The number of carboxylic acid groups (broad SMARTS) is 2. The zero-order valence-corrected chi connectivity index (χ0v) is 11.2. The number of carbonyl (C=O) groups is 2. The van der Waals surface area contributed by atoms with E-state index in [-0.39, 0.29) is 12.1 Å². The third-order valence-electron chi connectivity index (χ3n) is 3.80. The van der Waals surface area contributed by atoms with Gasteiger partial charge in [0.2, 0.25) is 0 Å². The fourth-order valence-electron chi connectivity index (χ4n) is 2.74. The highest BCUT2D eigenvalue weighted by Crippen LogP contribution is 2.30. The Labute approximate surface area is 120 Å². The predicted molar refractivity (Wildman–Crippen MR) is 74.1 cm³/mol. The molecule has 2 heterocycles. The van der Waals surface area contributed by atoms with E-state index in [1.165, 1.54) is 0 Å². The summed E-state index contributed by atoms with van der Waals surface area (Å²) in [5.41, 5.74) is 1.29. The van der Waals surface area contributed by atoms with Crippen LogP contribution in [0.15, 0.2) is 30.3 Å². The van der Waals surface area contributed by atoms with Crippen molar-refractivity contribution in [2.75, 3.05) is 0 Å². The molecule has 21 heavy (non-hydrogen) atoms. The molecule has 0 spiro atoms. The molecule has 1 aromatic carbocycles.